The number of hydrogen-bond donors (Lipinski definition) is 2. The second-order valence-electron chi connectivity index (χ2n) is 2.59. The molecule has 14 heavy (non-hydrogen) atoms. The number of benzene rings is 1. The molecule has 1 rings (SSSR count). The van der Waals surface area contributed by atoms with Crippen LogP contribution in [0.5, 0.6) is 11.5 Å². The molecule has 1 aromatic rings. The minimum absolute atomic E-state index is 0.0631. The first-order chi connectivity index (χ1) is 6.65. The predicted octanol–water partition coefficient (Wildman–Crippen LogP) is 1.44. The maximum atomic E-state index is 11.2. The molecule has 4 nitrogen and oxygen atoms in total. The maximum Gasteiger partial charge on any atom is 0.342 e. The number of phenols is 2. The molecule has 1 aromatic carbocycles. The molecule has 0 saturated carbocycles. The van der Waals surface area contributed by atoms with Gasteiger partial charge in [-0.15, -0.1) is 0 Å². The number of hydrogen-bond acceptors (Lipinski definition) is 4. The van der Waals surface area contributed by atoms with Gasteiger partial charge in [-0.25, -0.2) is 4.79 Å². The molecule has 0 aliphatic carbocycles. The molecule has 74 valence electrons. The first-order valence-electron chi connectivity index (χ1n) is 3.95. The third-order valence-electron chi connectivity index (χ3n) is 1.53. The van der Waals surface area contributed by atoms with Gasteiger partial charge in [-0.1, -0.05) is 12.7 Å². The van der Waals surface area contributed by atoms with Gasteiger partial charge in [0, 0.05) is 0 Å². The molecule has 0 heterocycles. The van der Waals surface area contributed by atoms with Crippen LogP contribution in [0.1, 0.15) is 10.4 Å². The van der Waals surface area contributed by atoms with Gasteiger partial charge in [-0.3, -0.25) is 0 Å². The summed E-state index contributed by atoms with van der Waals surface area (Å²) in [6.07, 6.45) is 1.41. The molecular weight excluding hydrogens is 184 g/mol. The van der Waals surface area contributed by atoms with Crippen LogP contribution in [0.3, 0.4) is 0 Å². The summed E-state index contributed by atoms with van der Waals surface area (Å²) < 4.78 is 4.68. The summed E-state index contributed by atoms with van der Waals surface area (Å²) in [7, 11) is 0. The first-order valence-corrected chi connectivity index (χ1v) is 3.95. The van der Waals surface area contributed by atoms with Crippen LogP contribution in [0, 0.1) is 0 Å². The third-order valence-corrected chi connectivity index (χ3v) is 1.53. The molecule has 2 N–H and O–H groups in total. The van der Waals surface area contributed by atoms with Crippen LogP contribution in [0.25, 0.3) is 0 Å². The van der Waals surface area contributed by atoms with Crippen LogP contribution < -0.4 is 0 Å². The molecule has 0 saturated heterocycles. The Morgan fingerprint density at radius 1 is 1.50 bits per heavy atom. The Morgan fingerprint density at radius 2 is 2.21 bits per heavy atom. The lowest BCUT2D eigenvalue weighted by Gasteiger charge is -2.04. The highest BCUT2D eigenvalue weighted by atomic mass is 16.5. The van der Waals surface area contributed by atoms with E-state index in [2.05, 4.69) is 11.3 Å². The molecule has 0 amide bonds. The van der Waals surface area contributed by atoms with Crippen LogP contribution in [0.15, 0.2) is 30.9 Å². The van der Waals surface area contributed by atoms with Crippen molar-refractivity contribution in [2.24, 2.45) is 0 Å². The van der Waals surface area contributed by atoms with Crippen molar-refractivity contribution < 1.29 is 19.7 Å². The number of rotatable bonds is 3. The van der Waals surface area contributed by atoms with Crippen LogP contribution in [0.2, 0.25) is 0 Å². The summed E-state index contributed by atoms with van der Waals surface area (Å²) >= 11 is 0. The Morgan fingerprint density at radius 3 is 2.86 bits per heavy atom. The number of carbonyl (C=O) groups is 1. The molecule has 0 bridgehead atoms. The largest absolute Gasteiger partial charge is 0.508 e. The van der Waals surface area contributed by atoms with E-state index in [1.54, 1.807) is 0 Å². The van der Waals surface area contributed by atoms with Gasteiger partial charge in [0.25, 0.3) is 0 Å². The number of aromatic hydroxyl groups is 2. The van der Waals surface area contributed by atoms with E-state index < -0.39 is 5.97 Å². The zero-order chi connectivity index (χ0) is 10.6. The molecular formula is C10H10O4. The highest BCUT2D eigenvalue weighted by Crippen LogP contribution is 2.22. The van der Waals surface area contributed by atoms with Crippen LogP contribution >= 0.6 is 0 Å². The van der Waals surface area contributed by atoms with Crippen molar-refractivity contribution >= 4 is 5.97 Å². The normalized spacial score (nSPS) is 9.43. The van der Waals surface area contributed by atoms with Gasteiger partial charge in [0.2, 0.25) is 0 Å². The lowest BCUT2D eigenvalue weighted by atomic mass is 10.2. The van der Waals surface area contributed by atoms with E-state index >= 15 is 0 Å². The fraction of sp³-hybridized carbons (Fsp3) is 0.100. The standard InChI is InChI=1S/C10H10O4/c1-2-5-14-10(13)8-6-7(11)3-4-9(8)12/h2-4,6,11-12H,1,5H2. The molecule has 0 aliphatic rings. The molecule has 0 aromatic heterocycles. The van der Waals surface area contributed by atoms with E-state index in [4.69, 9.17) is 5.11 Å². The quantitative estimate of drug-likeness (QED) is 0.434. The Bertz CT molecular complexity index is 357. The van der Waals surface area contributed by atoms with Gasteiger partial charge in [0.05, 0.1) is 0 Å². The van der Waals surface area contributed by atoms with Gasteiger partial charge in [0.15, 0.2) is 0 Å². The number of ether oxygens (including phenoxy) is 1. The summed E-state index contributed by atoms with van der Waals surface area (Å²) in [5.74, 6) is -1.02. The highest BCUT2D eigenvalue weighted by molar-refractivity contribution is 5.92. The van der Waals surface area contributed by atoms with Crippen molar-refractivity contribution in [2.75, 3.05) is 6.61 Å². The van der Waals surface area contributed by atoms with Crippen molar-refractivity contribution in [1.29, 1.82) is 0 Å². The second-order valence-corrected chi connectivity index (χ2v) is 2.59. The van der Waals surface area contributed by atoms with E-state index in [1.807, 2.05) is 0 Å². The molecule has 0 atom stereocenters. The smallest absolute Gasteiger partial charge is 0.342 e. The number of carbonyl (C=O) groups excluding carboxylic acids is 1. The summed E-state index contributed by atoms with van der Waals surface area (Å²) in [5.41, 5.74) is -0.0631. The zero-order valence-corrected chi connectivity index (χ0v) is 7.43. The average Bonchev–Trinajstić information content (AvgIpc) is 2.18. The fourth-order valence-corrected chi connectivity index (χ4v) is 0.900. The monoisotopic (exact) mass is 194 g/mol. The lowest BCUT2D eigenvalue weighted by molar-refractivity contribution is 0.0546. The van der Waals surface area contributed by atoms with Crippen molar-refractivity contribution in [3.63, 3.8) is 0 Å². The molecule has 0 aliphatic heterocycles. The predicted molar refractivity (Wildman–Crippen MR) is 50.3 cm³/mol. The number of esters is 1. The van der Waals surface area contributed by atoms with Gasteiger partial charge < -0.3 is 14.9 Å². The molecule has 0 spiro atoms. The van der Waals surface area contributed by atoms with Gasteiger partial charge in [-0.05, 0) is 18.2 Å². The fourth-order valence-electron chi connectivity index (χ4n) is 0.900. The van der Waals surface area contributed by atoms with E-state index in [-0.39, 0.29) is 23.7 Å². The SMILES string of the molecule is C=CCOC(=O)c1cc(O)ccc1O. The van der Waals surface area contributed by atoms with E-state index in [0.717, 1.165) is 6.07 Å². The second kappa shape index (κ2) is 4.32. The van der Waals surface area contributed by atoms with Crippen LogP contribution in [0.4, 0.5) is 0 Å². The van der Waals surface area contributed by atoms with Crippen LogP contribution in [-0.4, -0.2) is 22.8 Å². The molecule has 0 unspecified atom stereocenters. The van der Waals surface area contributed by atoms with E-state index in [1.165, 1.54) is 18.2 Å². The van der Waals surface area contributed by atoms with Crippen molar-refractivity contribution in [2.45, 2.75) is 0 Å². The Hall–Kier alpha value is -1.97. The number of phenolic OH excluding ortho intramolecular Hbond substituents is 2. The van der Waals surface area contributed by atoms with Crippen molar-refractivity contribution in [3.05, 3.63) is 36.4 Å². The summed E-state index contributed by atoms with van der Waals surface area (Å²) in [6, 6.07) is 3.64. The Balaban J connectivity index is 2.88. The summed E-state index contributed by atoms with van der Waals surface area (Å²) in [6.45, 7) is 3.44. The lowest BCUT2D eigenvalue weighted by Crippen LogP contribution is -2.05. The van der Waals surface area contributed by atoms with Crippen LogP contribution in [-0.2, 0) is 4.74 Å². The maximum absolute atomic E-state index is 11.2. The molecule has 4 heteroatoms. The molecule has 0 radical (unpaired) electrons. The molecule has 0 fully saturated rings. The van der Waals surface area contributed by atoms with Crippen molar-refractivity contribution in [3.8, 4) is 11.5 Å². The third kappa shape index (κ3) is 2.26. The Labute approximate surface area is 81.1 Å². The highest BCUT2D eigenvalue weighted by Gasteiger charge is 2.12. The average molecular weight is 194 g/mol. The van der Waals surface area contributed by atoms with Gasteiger partial charge >= 0.3 is 5.97 Å². The van der Waals surface area contributed by atoms with Gasteiger partial charge in [-0.2, -0.15) is 0 Å². The minimum Gasteiger partial charge on any atom is -0.508 e. The van der Waals surface area contributed by atoms with E-state index in [0.29, 0.717) is 0 Å². The minimum atomic E-state index is -0.696. The zero-order valence-electron chi connectivity index (χ0n) is 7.43. The summed E-state index contributed by atoms with van der Waals surface area (Å²) in [5, 5.41) is 18.3. The summed E-state index contributed by atoms with van der Waals surface area (Å²) in [4.78, 5) is 11.2. The topological polar surface area (TPSA) is 66.8 Å². The Kier molecular flexibility index (Phi) is 3.12. The van der Waals surface area contributed by atoms with Gasteiger partial charge in [0.1, 0.15) is 23.7 Å². The van der Waals surface area contributed by atoms with Crippen molar-refractivity contribution in [1.82, 2.24) is 0 Å². The first kappa shape index (κ1) is 10.1. The van der Waals surface area contributed by atoms with E-state index in [9.17, 15) is 9.90 Å².